The summed E-state index contributed by atoms with van der Waals surface area (Å²) in [6.07, 6.45) is 0.874. The fraction of sp³-hybridized carbons (Fsp3) is 0.176. The zero-order chi connectivity index (χ0) is 14.7. The number of hydrazone groups is 1. The molecule has 0 saturated carbocycles. The molecule has 3 aromatic rings. The van der Waals surface area contributed by atoms with Crippen molar-refractivity contribution in [1.29, 1.82) is 0 Å². The summed E-state index contributed by atoms with van der Waals surface area (Å²) in [6, 6.07) is 16.6. The number of hydrogen-bond acceptors (Lipinski definition) is 3. The minimum absolute atomic E-state index is 0.673. The van der Waals surface area contributed by atoms with Gasteiger partial charge >= 0.3 is 0 Å². The summed E-state index contributed by atoms with van der Waals surface area (Å²) in [5, 5.41) is 4.18. The van der Waals surface area contributed by atoms with E-state index in [1.54, 1.807) is 0 Å². The summed E-state index contributed by atoms with van der Waals surface area (Å²) in [4.78, 5) is 7.85. The molecular formula is C17H18N4. The molecule has 1 heterocycles. The highest BCUT2D eigenvalue weighted by Crippen LogP contribution is 2.21. The van der Waals surface area contributed by atoms with Crippen molar-refractivity contribution in [3.63, 3.8) is 0 Å². The van der Waals surface area contributed by atoms with E-state index in [1.807, 2.05) is 26.0 Å². The first-order valence-corrected chi connectivity index (χ1v) is 7.01. The third-order valence-electron chi connectivity index (χ3n) is 3.22. The number of imidazole rings is 1. The van der Waals surface area contributed by atoms with Crippen LogP contribution in [0, 0.1) is 0 Å². The quantitative estimate of drug-likeness (QED) is 0.560. The van der Waals surface area contributed by atoms with Crippen LogP contribution < -0.4 is 5.43 Å². The van der Waals surface area contributed by atoms with E-state index < -0.39 is 0 Å². The van der Waals surface area contributed by atoms with Crippen molar-refractivity contribution in [3.05, 3.63) is 59.7 Å². The molecule has 2 aromatic carbocycles. The Morgan fingerprint density at radius 2 is 1.90 bits per heavy atom. The number of nitrogens with one attached hydrogen (secondary N) is 2. The molecule has 0 aliphatic rings. The van der Waals surface area contributed by atoms with E-state index in [4.69, 9.17) is 0 Å². The van der Waals surface area contributed by atoms with Crippen molar-refractivity contribution in [2.75, 3.05) is 5.43 Å². The monoisotopic (exact) mass is 278 g/mol. The summed E-state index contributed by atoms with van der Waals surface area (Å²) in [5.74, 6) is 0.673. The lowest BCUT2D eigenvalue weighted by molar-refractivity contribution is 1.18. The van der Waals surface area contributed by atoms with Gasteiger partial charge in [-0.15, -0.1) is 0 Å². The van der Waals surface area contributed by atoms with E-state index in [9.17, 15) is 0 Å². The molecule has 4 heteroatoms. The molecule has 0 atom stereocenters. The molecule has 0 radical (unpaired) electrons. The summed E-state index contributed by atoms with van der Waals surface area (Å²) >= 11 is 0. The lowest BCUT2D eigenvalue weighted by Gasteiger charge is -2.02. The van der Waals surface area contributed by atoms with Crippen LogP contribution in [0.15, 0.2) is 53.6 Å². The van der Waals surface area contributed by atoms with Gasteiger partial charge in [0.05, 0.1) is 11.0 Å². The highest BCUT2D eigenvalue weighted by molar-refractivity contribution is 5.82. The van der Waals surface area contributed by atoms with Crippen molar-refractivity contribution in [2.24, 2.45) is 5.10 Å². The van der Waals surface area contributed by atoms with Crippen LogP contribution in [0.5, 0.6) is 0 Å². The van der Waals surface area contributed by atoms with Gasteiger partial charge in [0, 0.05) is 5.71 Å². The van der Waals surface area contributed by atoms with Crippen molar-refractivity contribution in [1.82, 2.24) is 9.97 Å². The third kappa shape index (κ3) is 3.11. The Labute approximate surface area is 123 Å². The molecular weight excluding hydrogens is 260 g/mol. The van der Waals surface area contributed by atoms with Gasteiger partial charge in [-0.1, -0.05) is 42.5 Å². The van der Waals surface area contributed by atoms with Crippen molar-refractivity contribution >= 4 is 22.7 Å². The zero-order valence-electron chi connectivity index (χ0n) is 12.2. The molecule has 0 fully saturated rings. The van der Waals surface area contributed by atoms with Gasteiger partial charge in [-0.2, -0.15) is 5.10 Å². The molecule has 0 bridgehead atoms. The Morgan fingerprint density at radius 1 is 1.10 bits per heavy atom. The first-order valence-electron chi connectivity index (χ1n) is 7.01. The number of aromatic nitrogens is 2. The van der Waals surface area contributed by atoms with E-state index >= 15 is 0 Å². The first-order chi connectivity index (χ1) is 10.2. The minimum atomic E-state index is 0.673. The largest absolute Gasteiger partial charge is 0.323 e. The van der Waals surface area contributed by atoms with Crippen LogP contribution in [0.2, 0.25) is 0 Å². The second-order valence-corrected chi connectivity index (χ2v) is 5.23. The van der Waals surface area contributed by atoms with Crippen LogP contribution >= 0.6 is 0 Å². The van der Waals surface area contributed by atoms with Gasteiger partial charge in [-0.05, 0) is 37.5 Å². The fourth-order valence-corrected chi connectivity index (χ4v) is 2.27. The molecule has 4 nitrogen and oxygen atoms in total. The second kappa shape index (κ2) is 5.79. The number of benzene rings is 2. The number of nitrogens with zero attached hydrogens (tertiary/aromatic N) is 2. The molecule has 3 rings (SSSR count). The van der Waals surface area contributed by atoms with Gasteiger partial charge in [-0.25, -0.2) is 10.4 Å². The van der Waals surface area contributed by atoms with Gasteiger partial charge in [0.15, 0.2) is 0 Å². The molecule has 0 amide bonds. The molecule has 2 N–H and O–H groups in total. The molecule has 1 aromatic heterocycles. The molecule has 21 heavy (non-hydrogen) atoms. The summed E-state index contributed by atoms with van der Waals surface area (Å²) < 4.78 is 0. The molecule has 0 aliphatic carbocycles. The summed E-state index contributed by atoms with van der Waals surface area (Å²) in [5.41, 5.74) is 8.41. The average molecular weight is 278 g/mol. The maximum absolute atomic E-state index is 4.61. The summed E-state index contributed by atoms with van der Waals surface area (Å²) in [7, 11) is 0. The number of anilines is 1. The Kier molecular flexibility index (Phi) is 3.69. The number of rotatable bonds is 4. The van der Waals surface area contributed by atoms with Crippen LogP contribution in [0.4, 0.5) is 5.95 Å². The third-order valence-corrected chi connectivity index (χ3v) is 3.22. The average Bonchev–Trinajstić information content (AvgIpc) is 2.90. The van der Waals surface area contributed by atoms with Gasteiger partial charge in [0.1, 0.15) is 0 Å². The Bertz CT molecular complexity index is 768. The number of para-hydroxylation sites is 1. The predicted molar refractivity (Wildman–Crippen MR) is 87.7 cm³/mol. The van der Waals surface area contributed by atoms with Crippen molar-refractivity contribution in [2.45, 2.75) is 20.3 Å². The number of H-pyrrole nitrogens is 1. The Morgan fingerprint density at radius 3 is 2.67 bits per heavy atom. The molecule has 0 saturated heterocycles. The smallest absolute Gasteiger partial charge is 0.222 e. The van der Waals surface area contributed by atoms with Gasteiger partial charge in [0.2, 0.25) is 5.95 Å². The molecule has 0 aliphatic heterocycles. The number of hydrogen-bond donors (Lipinski definition) is 2. The first kappa shape index (κ1) is 13.4. The van der Waals surface area contributed by atoms with Crippen LogP contribution in [-0.2, 0) is 6.42 Å². The number of fused-ring (bicyclic) bond motifs is 1. The van der Waals surface area contributed by atoms with Crippen molar-refractivity contribution in [3.8, 4) is 0 Å². The van der Waals surface area contributed by atoms with Gasteiger partial charge in [-0.3, -0.25) is 0 Å². The predicted octanol–water partition coefficient (Wildman–Crippen LogP) is 3.96. The summed E-state index contributed by atoms with van der Waals surface area (Å²) in [6.45, 7) is 3.88. The van der Waals surface area contributed by atoms with E-state index in [0.717, 1.165) is 23.2 Å². The zero-order valence-corrected chi connectivity index (χ0v) is 12.2. The minimum Gasteiger partial charge on any atom is -0.323 e. The SMILES string of the molecule is CC(C)=NNc1nc2c(Cc3ccccc3)cccc2[nH]1. The standard InChI is InChI=1S/C17H18N4/c1-12(2)20-21-17-18-15-10-6-9-14(16(15)19-17)11-13-7-4-3-5-8-13/h3-10H,11H2,1-2H3,(H2,18,19,21). The number of aromatic amines is 1. The molecule has 106 valence electrons. The molecule has 0 unspecified atom stereocenters. The normalized spacial score (nSPS) is 10.6. The van der Waals surface area contributed by atoms with Gasteiger partial charge in [0.25, 0.3) is 0 Å². The maximum atomic E-state index is 4.61. The second-order valence-electron chi connectivity index (χ2n) is 5.23. The topological polar surface area (TPSA) is 53.1 Å². The molecule has 0 spiro atoms. The van der Waals surface area contributed by atoms with Crippen LogP contribution in [-0.4, -0.2) is 15.7 Å². The fourth-order valence-electron chi connectivity index (χ4n) is 2.27. The lowest BCUT2D eigenvalue weighted by Crippen LogP contribution is -1.94. The van der Waals surface area contributed by atoms with Crippen LogP contribution in [0.25, 0.3) is 11.0 Å². The Hall–Kier alpha value is -2.62. The van der Waals surface area contributed by atoms with Crippen LogP contribution in [0.1, 0.15) is 25.0 Å². The lowest BCUT2D eigenvalue weighted by atomic mass is 10.0. The maximum Gasteiger partial charge on any atom is 0.222 e. The van der Waals surface area contributed by atoms with E-state index in [1.165, 1.54) is 11.1 Å². The Balaban J connectivity index is 1.94. The highest BCUT2D eigenvalue weighted by atomic mass is 15.4. The van der Waals surface area contributed by atoms with E-state index in [-0.39, 0.29) is 0 Å². The highest BCUT2D eigenvalue weighted by Gasteiger charge is 2.07. The van der Waals surface area contributed by atoms with Gasteiger partial charge < -0.3 is 4.98 Å². The van der Waals surface area contributed by atoms with E-state index in [0.29, 0.717) is 5.95 Å². The van der Waals surface area contributed by atoms with Crippen molar-refractivity contribution < 1.29 is 0 Å². The van der Waals surface area contributed by atoms with E-state index in [2.05, 4.69) is 56.9 Å². The van der Waals surface area contributed by atoms with Crippen LogP contribution in [0.3, 0.4) is 0 Å².